The summed E-state index contributed by atoms with van der Waals surface area (Å²) in [6.45, 7) is 0.262. The summed E-state index contributed by atoms with van der Waals surface area (Å²) >= 11 is 0. The Morgan fingerprint density at radius 1 is 1.50 bits per heavy atom. The van der Waals surface area contributed by atoms with E-state index >= 15 is 0 Å². The molecule has 0 bridgehead atoms. The number of hydrogen-bond donors (Lipinski definition) is 3. The Kier molecular flexibility index (Phi) is 5.17. The molecule has 0 spiro atoms. The van der Waals surface area contributed by atoms with E-state index in [1.807, 2.05) is 0 Å². The Bertz CT molecular complexity index is 524. The number of furan rings is 1. The van der Waals surface area contributed by atoms with Crippen LogP contribution >= 0.6 is 0 Å². The Balaban J connectivity index is 1.96. The molecule has 2 rings (SSSR count). The van der Waals surface area contributed by atoms with Gasteiger partial charge in [-0.3, -0.25) is 0 Å². The van der Waals surface area contributed by atoms with Gasteiger partial charge in [-0.2, -0.15) is 0 Å². The van der Waals surface area contributed by atoms with Gasteiger partial charge in [0, 0.05) is 13.2 Å². The van der Waals surface area contributed by atoms with Gasteiger partial charge in [-0.25, -0.2) is 13.1 Å². The predicted octanol–water partition coefficient (Wildman–Crippen LogP) is -0.183. The number of nitrogens with one attached hydrogen (secondary N) is 2. The van der Waals surface area contributed by atoms with Gasteiger partial charge in [-0.1, -0.05) is 0 Å². The van der Waals surface area contributed by atoms with E-state index in [9.17, 15) is 8.42 Å². The molecule has 1 saturated carbocycles. The zero-order chi connectivity index (χ0) is 14.6. The minimum Gasteiger partial charge on any atom is -0.447 e. The SMILES string of the molecule is COCC(CO)NS(=O)(=O)c1ccc(CNC2CC2)o1. The van der Waals surface area contributed by atoms with Crippen LogP contribution in [0, 0.1) is 0 Å². The number of sulfonamides is 1. The molecule has 1 aliphatic rings. The summed E-state index contributed by atoms with van der Waals surface area (Å²) in [5.41, 5.74) is 0. The van der Waals surface area contributed by atoms with E-state index in [1.54, 1.807) is 6.07 Å². The van der Waals surface area contributed by atoms with E-state index in [-0.39, 0.29) is 18.3 Å². The first-order valence-electron chi connectivity index (χ1n) is 6.49. The molecule has 1 aromatic heterocycles. The first kappa shape index (κ1) is 15.5. The third-order valence-corrected chi connectivity index (χ3v) is 4.35. The maximum atomic E-state index is 12.0. The quantitative estimate of drug-likeness (QED) is 0.585. The second-order valence-corrected chi connectivity index (χ2v) is 6.48. The fourth-order valence-electron chi connectivity index (χ4n) is 1.73. The first-order valence-corrected chi connectivity index (χ1v) is 7.97. The number of rotatable bonds is 9. The highest BCUT2D eigenvalue weighted by Crippen LogP contribution is 2.20. The van der Waals surface area contributed by atoms with Crippen LogP contribution in [0.5, 0.6) is 0 Å². The predicted molar refractivity (Wildman–Crippen MR) is 71.6 cm³/mol. The summed E-state index contributed by atoms with van der Waals surface area (Å²) in [4.78, 5) is 0. The third-order valence-electron chi connectivity index (χ3n) is 2.95. The second kappa shape index (κ2) is 6.68. The number of ether oxygens (including phenoxy) is 1. The van der Waals surface area contributed by atoms with Gasteiger partial charge in [0.25, 0.3) is 10.0 Å². The van der Waals surface area contributed by atoms with Gasteiger partial charge < -0.3 is 19.6 Å². The molecule has 0 amide bonds. The minimum atomic E-state index is -3.78. The highest BCUT2D eigenvalue weighted by molar-refractivity contribution is 7.89. The van der Waals surface area contributed by atoms with Crippen molar-refractivity contribution in [3.63, 3.8) is 0 Å². The van der Waals surface area contributed by atoms with Crippen molar-refractivity contribution in [3.05, 3.63) is 17.9 Å². The van der Waals surface area contributed by atoms with Crippen LogP contribution in [0.25, 0.3) is 0 Å². The fraction of sp³-hybridized carbons (Fsp3) is 0.667. The van der Waals surface area contributed by atoms with Crippen LogP contribution in [0.1, 0.15) is 18.6 Å². The topological polar surface area (TPSA) is 101 Å². The molecule has 0 aromatic carbocycles. The lowest BCUT2D eigenvalue weighted by Crippen LogP contribution is -2.40. The molecule has 1 unspecified atom stereocenters. The maximum absolute atomic E-state index is 12.0. The highest BCUT2D eigenvalue weighted by Gasteiger charge is 2.24. The average Bonchev–Trinajstić information content (AvgIpc) is 3.11. The van der Waals surface area contributed by atoms with E-state index in [0.717, 1.165) is 12.8 Å². The minimum absolute atomic E-state index is 0.0898. The molecule has 1 aromatic rings. The number of hydrogen-bond acceptors (Lipinski definition) is 6. The van der Waals surface area contributed by atoms with Crippen molar-refractivity contribution in [2.24, 2.45) is 0 Å². The van der Waals surface area contributed by atoms with Gasteiger partial charge in [-0.15, -0.1) is 0 Å². The number of aliphatic hydroxyl groups is 1. The van der Waals surface area contributed by atoms with Crippen molar-refractivity contribution in [2.75, 3.05) is 20.3 Å². The summed E-state index contributed by atoms with van der Waals surface area (Å²) in [6.07, 6.45) is 2.31. The average molecular weight is 304 g/mol. The van der Waals surface area contributed by atoms with Crippen LogP contribution in [0.3, 0.4) is 0 Å². The molecule has 0 aliphatic heterocycles. The Labute approximate surface area is 118 Å². The smallest absolute Gasteiger partial charge is 0.274 e. The van der Waals surface area contributed by atoms with E-state index in [1.165, 1.54) is 13.2 Å². The van der Waals surface area contributed by atoms with E-state index < -0.39 is 16.1 Å². The first-order chi connectivity index (χ1) is 9.55. The number of methoxy groups -OCH3 is 1. The summed E-state index contributed by atoms with van der Waals surface area (Å²) in [6, 6.07) is 2.88. The Hall–Kier alpha value is -0.930. The monoisotopic (exact) mass is 304 g/mol. The molecular formula is C12H20N2O5S. The molecule has 8 heteroatoms. The van der Waals surface area contributed by atoms with Crippen LogP contribution in [0.15, 0.2) is 21.6 Å². The highest BCUT2D eigenvalue weighted by atomic mass is 32.2. The molecule has 0 radical (unpaired) electrons. The van der Waals surface area contributed by atoms with Crippen molar-refractivity contribution in [2.45, 2.75) is 36.6 Å². The Morgan fingerprint density at radius 3 is 2.85 bits per heavy atom. The molecule has 20 heavy (non-hydrogen) atoms. The van der Waals surface area contributed by atoms with E-state index in [0.29, 0.717) is 18.3 Å². The molecular weight excluding hydrogens is 284 g/mol. The second-order valence-electron chi connectivity index (χ2n) is 4.83. The molecule has 7 nitrogen and oxygen atoms in total. The standard InChI is InChI=1S/C12H20N2O5S/c1-18-8-10(7-15)14-20(16,17)12-5-4-11(19-12)6-13-9-2-3-9/h4-5,9-10,13-15H,2-3,6-8H2,1H3. The molecule has 0 saturated heterocycles. The third kappa shape index (κ3) is 4.29. The van der Waals surface area contributed by atoms with Crippen molar-refractivity contribution >= 4 is 10.0 Å². The lowest BCUT2D eigenvalue weighted by Gasteiger charge is -2.13. The van der Waals surface area contributed by atoms with Gasteiger partial charge in [-0.05, 0) is 25.0 Å². The van der Waals surface area contributed by atoms with E-state index in [2.05, 4.69) is 10.0 Å². The van der Waals surface area contributed by atoms with Crippen molar-refractivity contribution in [1.82, 2.24) is 10.0 Å². The van der Waals surface area contributed by atoms with Gasteiger partial charge >= 0.3 is 0 Å². The van der Waals surface area contributed by atoms with Gasteiger partial charge in [0.1, 0.15) is 5.76 Å². The zero-order valence-electron chi connectivity index (χ0n) is 11.3. The summed E-state index contributed by atoms with van der Waals surface area (Å²) < 4.78 is 36.6. The Morgan fingerprint density at radius 2 is 2.25 bits per heavy atom. The zero-order valence-corrected chi connectivity index (χ0v) is 12.1. The van der Waals surface area contributed by atoms with Crippen molar-refractivity contribution in [1.29, 1.82) is 0 Å². The largest absolute Gasteiger partial charge is 0.447 e. The van der Waals surface area contributed by atoms with Crippen LogP contribution in [-0.2, 0) is 21.3 Å². The lowest BCUT2D eigenvalue weighted by molar-refractivity contribution is 0.138. The van der Waals surface area contributed by atoms with Gasteiger partial charge in [0.05, 0.1) is 25.8 Å². The van der Waals surface area contributed by atoms with Gasteiger partial charge in [0.15, 0.2) is 0 Å². The van der Waals surface area contributed by atoms with Crippen molar-refractivity contribution in [3.8, 4) is 0 Å². The van der Waals surface area contributed by atoms with Crippen LogP contribution < -0.4 is 10.0 Å². The number of aliphatic hydroxyl groups excluding tert-OH is 1. The summed E-state index contributed by atoms with van der Waals surface area (Å²) in [5.74, 6) is 0.574. The van der Waals surface area contributed by atoms with Gasteiger partial charge in [0.2, 0.25) is 5.09 Å². The normalized spacial score (nSPS) is 17.3. The van der Waals surface area contributed by atoms with Crippen LogP contribution in [0.2, 0.25) is 0 Å². The lowest BCUT2D eigenvalue weighted by atomic mass is 10.4. The molecule has 1 aliphatic carbocycles. The fourth-order valence-corrected chi connectivity index (χ4v) is 2.89. The molecule has 3 N–H and O–H groups in total. The summed E-state index contributed by atoms with van der Waals surface area (Å²) in [7, 11) is -2.34. The molecule has 1 heterocycles. The molecule has 1 atom stereocenters. The maximum Gasteiger partial charge on any atom is 0.274 e. The summed E-state index contributed by atoms with van der Waals surface area (Å²) in [5, 5.41) is 12.2. The van der Waals surface area contributed by atoms with Crippen LogP contribution in [-0.4, -0.2) is 45.9 Å². The molecule has 114 valence electrons. The van der Waals surface area contributed by atoms with E-state index in [4.69, 9.17) is 14.3 Å². The molecule has 1 fully saturated rings. The van der Waals surface area contributed by atoms with Crippen molar-refractivity contribution < 1.29 is 22.7 Å². The van der Waals surface area contributed by atoms with Crippen LogP contribution in [0.4, 0.5) is 0 Å².